The lowest BCUT2D eigenvalue weighted by molar-refractivity contribution is 0.0180. The second-order valence-corrected chi connectivity index (χ2v) is 6.73. The third-order valence-corrected chi connectivity index (χ3v) is 4.79. The predicted molar refractivity (Wildman–Crippen MR) is 110 cm³/mol. The number of morpholine rings is 1. The van der Waals surface area contributed by atoms with E-state index in [1.807, 2.05) is 48.5 Å². The first kappa shape index (κ1) is 19.5. The number of benzene rings is 2. The molecule has 0 aliphatic carbocycles. The van der Waals surface area contributed by atoms with E-state index >= 15 is 0 Å². The van der Waals surface area contributed by atoms with Gasteiger partial charge in [0, 0.05) is 23.8 Å². The fraction of sp³-hybridized carbons (Fsp3) is 0.350. The van der Waals surface area contributed by atoms with Gasteiger partial charge in [0.05, 0.1) is 32.9 Å². The first-order valence-corrected chi connectivity index (χ1v) is 9.32. The maximum Gasteiger partial charge on any atom is 0.193 e. The van der Waals surface area contributed by atoms with E-state index in [0.717, 1.165) is 42.8 Å². The van der Waals surface area contributed by atoms with Crippen LogP contribution in [-0.4, -0.2) is 50.8 Å². The number of ether oxygens (including phenoxy) is 2. The number of rotatable bonds is 6. The molecule has 1 heterocycles. The molecule has 0 spiro atoms. The largest absolute Gasteiger partial charge is 0.497 e. The van der Waals surface area contributed by atoms with Gasteiger partial charge in [-0.1, -0.05) is 23.7 Å². The van der Waals surface area contributed by atoms with E-state index < -0.39 is 0 Å². The van der Waals surface area contributed by atoms with Crippen LogP contribution in [0.4, 0.5) is 5.69 Å². The van der Waals surface area contributed by atoms with Crippen LogP contribution in [0, 0.1) is 0 Å². The quantitative estimate of drug-likeness (QED) is 0.587. The van der Waals surface area contributed by atoms with Crippen LogP contribution in [0.5, 0.6) is 5.75 Å². The Morgan fingerprint density at radius 2 is 1.85 bits per heavy atom. The summed E-state index contributed by atoms with van der Waals surface area (Å²) >= 11 is 6.04. The molecule has 7 heteroatoms. The van der Waals surface area contributed by atoms with Crippen molar-refractivity contribution in [3.8, 4) is 5.75 Å². The number of guanidine groups is 1. The van der Waals surface area contributed by atoms with Gasteiger partial charge in [-0.05, 0) is 42.0 Å². The van der Waals surface area contributed by atoms with E-state index in [0.29, 0.717) is 12.5 Å². The lowest BCUT2D eigenvalue weighted by Crippen LogP contribution is -2.40. The summed E-state index contributed by atoms with van der Waals surface area (Å²) in [6.45, 7) is 3.75. The molecule has 2 aromatic carbocycles. The minimum atomic E-state index is 0.127. The Labute approximate surface area is 164 Å². The fourth-order valence-corrected chi connectivity index (χ4v) is 3.18. The van der Waals surface area contributed by atoms with Crippen LogP contribution in [-0.2, 0) is 4.74 Å². The third-order valence-electron chi connectivity index (χ3n) is 4.54. The van der Waals surface area contributed by atoms with Gasteiger partial charge in [-0.2, -0.15) is 0 Å². The topological polar surface area (TPSA) is 72.1 Å². The second kappa shape index (κ2) is 9.60. The zero-order chi connectivity index (χ0) is 19.1. The van der Waals surface area contributed by atoms with Crippen molar-refractivity contribution in [3.63, 3.8) is 0 Å². The molecule has 1 unspecified atom stereocenters. The smallest absolute Gasteiger partial charge is 0.193 e. The lowest BCUT2D eigenvalue weighted by atomic mass is 10.0. The van der Waals surface area contributed by atoms with E-state index in [-0.39, 0.29) is 6.04 Å². The molecule has 0 amide bonds. The van der Waals surface area contributed by atoms with Gasteiger partial charge in [0.2, 0.25) is 0 Å². The zero-order valence-corrected chi connectivity index (χ0v) is 16.2. The average molecular weight is 389 g/mol. The Bertz CT molecular complexity index is 744. The van der Waals surface area contributed by atoms with E-state index in [9.17, 15) is 0 Å². The molecule has 144 valence electrons. The Balaban J connectivity index is 1.70. The monoisotopic (exact) mass is 388 g/mol. The summed E-state index contributed by atoms with van der Waals surface area (Å²) < 4.78 is 10.6. The Hall–Kier alpha value is -2.28. The van der Waals surface area contributed by atoms with Gasteiger partial charge in [-0.25, -0.2) is 0 Å². The number of nitrogens with zero attached hydrogens (tertiary/aromatic N) is 2. The van der Waals surface area contributed by atoms with Crippen LogP contribution in [0.25, 0.3) is 0 Å². The summed E-state index contributed by atoms with van der Waals surface area (Å²) in [5, 5.41) is 3.85. The molecule has 3 N–H and O–H groups in total. The van der Waals surface area contributed by atoms with Gasteiger partial charge in [-0.15, -0.1) is 0 Å². The number of nitrogens with two attached hydrogens (primary N) is 1. The standard InChI is InChI=1S/C20H25ClN4O2/c1-26-18-8-6-17(7-9-18)24-20(22)23-14-19(25-10-12-27-13-11-25)15-2-4-16(21)5-3-15/h2-9,19H,10-14H2,1H3,(H3,22,23,24). The Kier molecular flexibility index (Phi) is 6.92. The van der Waals surface area contributed by atoms with E-state index in [2.05, 4.69) is 15.2 Å². The van der Waals surface area contributed by atoms with Crippen molar-refractivity contribution in [2.45, 2.75) is 6.04 Å². The molecule has 1 aliphatic rings. The van der Waals surface area contributed by atoms with Crippen molar-refractivity contribution in [2.75, 3.05) is 45.3 Å². The molecule has 3 rings (SSSR count). The summed E-state index contributed by atoms with van der Waals surface area (Å²) in [6.07, 6.45) is 0. The van der Waals surface area contributed by atoms with E-state index in [1.54, 1.807) is 7.11 Å². The number of halogens is 1. The summed E-state index contributed by atoms with van der Waals surface area (Å²) in [5.74, 6) is 1.18. The highest BCUT2D eigenvalue weighted by Gasteiger charge is 2.22. The van der Waals surface area contributed by atoms with E-state index in [1.165, 1.54) is 5.56 Å². The maximum atomic E-state index is 6.10. The summed E-state index contributed by atoms with van der Waals surface area (Å²) in [5.41, 5.74) is 8.14. The first-order valence-electron chi connectivity index (χ1n) is 8.94. The SMILES string of the molecule is COc1ccc(NC(N)=NCC(c2ccc(Cl)cc2)N2CCOCC2)cc1. The van der Waals surface area contributed by atoms with Crippen molar-refractivity contribution in [1.29, 1.82) is 0 Å². The van der Waals surface area contributed by atoms with E-state index in [4.69, 9.17) is 26.8 Å². The molecule has 0 saturated carbocycles. The minimum Gasteiger partial charge on any atom is -0.497 e. The number of aliphatic imine (C=N–C) groups is 1. The zero-order valence-electron chi connectivity index (χ0n) is 15.4. The Morgan fingerprint density at radius 3 is 2.48 bits per heavy atom. The average Bonchev–Trinajstić information content (AvgIpc) is 2.71. The van der Waals surface area contributed by atoms with Gasteiger partial charge in [0.1, 0.15) is 5.75 Å². The molecule has 6 nitrogen and oxygen atoms in total. The minimum absolute atomic E-state index is 0.127. The summed E-state index contributed by atoms with van der Waals surface area (Å²) in [7, 11) is 1.64. The van der Waals surface area contributed by atoms with Gasteiger partial charge >= 0.3 is 0 Å². The number of hydrogen-bond donors (Lipinski definition) is 2. The molecule has 1 aliphatic heterocycles. The number of anilines is 1. The first-order chi connectivity index (χ1) is 13.2. The predicted octanol–water partition coefficient (Wildman–Crippen LogP) is 3.15. The number of nitrogens with one attached hydrogen (secondary N) is 1. The molecule has 1 atom stereocenters. The van der Waals surface area contributed by atoms with Crippen LogP contribution in [0.1, 0.15) is 11.6 Å². The number of hydrogen-bond acceptors (Lipinski definition) is 4. The molecule has 2 aromatic rings. The van der Waals surface area contributed by atoms with Gasteiger partial charge in [0.25, 0.3) is 0 Å². The fourth-order valence-electron chi connectivity index (χ4n) is 3.05. The van der Waals surface area contributed by atoms with Crippen LogP contribution < -0.4 is 15.8 Å². The van der Waals surface area contributed by atoms with Gasteiger partial charge in [0.15, 0.2) is 5.96 Å². The molecule has 0 aromatic heterocycles. The lowest BCUT2D eigenvalue weighted by Gasteiger charge is -2.34. The number of methoxy groups -OCH3 is 1. The molecule has 1 fully saturated rings. The van der Waals surface area contributed by atoms with Crippen LogP contribution in [0.15, 0.2) is 53.5 Å². The molecule has 27 heavy (non-hydrogen) atoms. The molecular formula is C20H25ClN4O2. The Morgan fingerprint density at radius 1 is 1.19 bits per heavy atom. The molecular weight excluding hydrogens is 364 g/mol. The van der Waals surface area contributed by atoms with Crippen LogP contribution >= 0.6 is 11.6 Å². The van der Waals surface area contributed by atoms with Gasteiger partial charge < -0.3 is 20.5 Å². The highest BCUT2D eigenvalue weighted by Crippen LogP contribution is 2.24. The summed E-state index contributed by atoms with van der Waals surface area (Å²) in [6, 6.07) is 15.6. The highest BCUT2D eigenvalue weighted by molar-refractivity contribution is 6.30. The van der Waals surface area contributed by atoms with Crippen molar-refractivity contribution >= 4 is 23.2 Å². The van der Waals surface area contributed by atoms with Crippen molar-refractivity contribution in [2.24, 2.45) is 10.7 Å². The second-order valence-electron chi connectivity index (χ2n) is 6.30. The maximum absolute atomic E-state index is 6.10. The normalized spacial score (nSPS) is 16.7. The molecule has 0 bridgehead atoms. The van der Waals surface area contributed by atoms with Gasteiger partial charge in [-0.3, -0.25) is 9.89 Å². The van der Waals surface area contributed by atoms with Crippen molar-refractivity contribution in [3.05, 3.63) is 59.1 Å². The van der Waals surface area contributed by atoms with Crippen molar-refractivity contribution in [1.82, 2.24) is 4.90 Å². The van der Waals surface area contributed by atoms with Crippen LogP contribution in [0.3, 0.4) is 0 Å². The summed E-state index contributed by atoms with van der Waals surface area (Å²) in [4.78, 5) is 6.94. The highest BCUT2D eigenvalue weighted by atomic mass is 35.5. The van der Waals surface area contributed by atoms with Crippen molar-refractivity contribution < 1.29 is 9.47 Å². The van der Waals surface area contributed by atoms with Crippen LogP contribution in [0.2, 0.25) is 5.02 Å². The molecule has 1 saturated heterocycles. The molecule has 0 radical (unpaired) electrons. The third kappa shape index (κ3) is 5.60.